The van der Waals surface area contributed by atoms with Gasteiger partial charge in [-0.25, -0.2) is 12.7 Å². The second kappa shape index (κ2) is 8.08. The molecule has 1 aromatic rings. The molecule has 22 heavy (non-hydrogen) atoms. The molecule has 0 spiro atoms. The van der Waals surface area contributed by atoms with Crippen molar-refractivity contribution in [3.05, 3.63) is 22.4 Å². The highest BCUT2D eigenvalue weighted by atomic mass is 32.2. The second-order valence-electron chi connectivity index (χ2n) is 5.76. The summed E-state index contributed by atoms with van der Waals surface area (Å²) in [4.78, 5) is 11.9. The predicted octanol–water partition coefficient (Wildman–Crippen LogP) is 2.32. The first-order chi connectivity index (χ1) is 10.5. The van der Waals surface area contributed by atoms with Gasteiger partial charge in [-0.2, -0.15) is 11.3 Å². The molecule has 1 aliphatic rings. The molecule has 7 heteroatoms. The average molecular weight is 345 g/mol. The van der Waals surface area contributed by atoms with Crippen LogP contribution < -0.4 is 5.32 Å². The van der Waals surface area contributed by atoms with Crippen LogP contribution in [0.3, 0.4) is 0 Å². The lowest BCUT2D eigenvalue weighted by Gasteiger charge is -2.32. The molecule has 1 N–H and O–H groups in total. The molecule has 1 unspecified atom stereocenters. The summed E-state index contributed by atoms with van der Waals surface area (Å²) < 4.78 is 26.1. The number of hydrogen-bond acceptors (Lipinski definition) is 4. The number of nitrogens with one attached hydrogen (secondary N) is 1. The summed E-state index contributed by atoms with van der Waals surface area (Å²) in [5.74, 6) is 0.359. The summed E-state index contributed by atoms with van der Waals surface area (Å²) in [5, 5.41) is 6.61. The summed E-state index contributed by atoms with van der Waals surface area (Å²) in [6, 6.07) is 1.79. The van der Waals surface area contributed by atoms with Gasteiger partial charge in [0.15, 0.2) is 0 Å². The first-order valence-electron chi connectivity index (χ1n) is 7.81. The van der Waals surface area contributed by atoms with Crippen molar-refractivity contribution in [2.45, 2.75) is 32.6 Å². The number of thiophene rings is 1. The number of carbonyl (C=O) groups is 1. The first-order valence-corrected chi connectivity index (χ1v) is 10.4. The van der Waals surface area contributed by atoms with Crippen LogP contribution in [0.1, 0.15) is 43.0 Å². The molecular weight excluding hydrogens is 320 g/mol. The number of hydrogen-bond donors (Lipinski definition) is 1. The van der Waals surface area contributed by atoms with Gasteiger partial charge in [0.2, 0.25) is 10.0 Å². The zero-order valence-corrected chi connectivity index (χ0v) is 14.6. The summed E-state index contributed by atoms with van der Waals surface area (Å²) in [6.07, 6.45) is 3.42. The number of sulfonamides is 1. The van der Waals surface area contributed by atoms with E-state index in [1.807, 2.05) is 17.7 Å². The van der Waals surface area contributed by atoms with Gasteiger partial charge in [-0.05, 0) is 36.6 Å². The highest BCUT2D eigenvalue weighted by molar-refractivity contribution is 7.89. The Morgan fingerprint density at radius 1 is 1.50 bits per heavy atom. The molecule has 0 radical (unpaired) electrons. The second-order valence-corrected chi connectivity index (χ2v) is 8.63. The largest absolute Gasteiger partial charge is 0.352 e. The van der Waals surface area contributed by atoms with Crippen molar-refractivity contribution in [1.29, 1.82) is 0 Å². The van der Waals surface area contributed by atoms with Gasteiger partial charge in [0.1, 0.15) is 0 Å². The quantitative estimate of drug-likeness (QED) is 0.825. The molecule has 2 rings (SSSR count). The lowest BCUT2D eigenvalue weighted by Crippen LogP contribution is -2.44. The molecule has 0 aliphatic carbocycles. The number of piperidine rings is 1. The molecule has 2 heterocycles. The van der Waals surface area contributed by atoms with E-state index in [9.17, 15) is 13.2 Å². The van der Waals surface area contributed by atoms with Gasteiger partial charge in [0.25, 0.3) is 5.91 Å². The Bertz CT molecular complexity index is 570. The number of unbranched alkanes of at least 4 members (excludes halogenated alkanes) is 1. The zero-order chi connectivity index (χ0) is 16.0. The molecule has 1 atom stereocenters. The predicted molar refractivity (Wildman–Crippen MR) is 89.6 cm³/mol. The molecule has 5 nitrogen and oxygen atoms in total. The van der Waals surface area contributed by atoms with Gasteiger partial charge >= 0.3 is 0 Å². The Balaban J connectivity index is 1.84. The fraction of sp³-hybridized carbons (Fsp3) is 0.667. The van der Waals surface area contributed by atoms with Crippen LogP contribution in [0.25, 0.3) is 0 Å². The van der Waals surface area contributed by atoms with Crippen molar-refractivity contribution in [1.82, 2.24) is 9.62 Å². The van der Waals surface area contributed by atoms with Crippen molar-refractivity contribution >= 4 is 27.3 Å². The van der Waals surface area contributed by atoms with E-state index in [0.29, 0.717) is 31.6 Å². The summed E-state index contributed by atoms with van der Waals surface area (Å²) in [7, 11) is -3.14. The Labute approximate surface area is 136 Å². The van der Waals surface area contributed by atoms with Gasteiger partial charge in [0.05, 0.1) is 5.75 Å². The third-order valence-corrected chi connectivity index (χ3v) is 6.57. The van der Waals surface area contributed by atoms with Gasteiger partial charge < -0.3 is 5.32 Å². The SMILES string of the molecule is CCCCS(=O)(=O)N1CCCC(CNC(=O)c2ccsc2)C1. The average Bonchev–Trinajstić information content (AvgIpc) is 3.05. The summed E-state index contributed by atoms with van der Waals surface area (Å²) >= 11 is 1.49. The molecule has 0 aromatic carbocycles. The zero-order valence-electron chi connectivity index (χ0n) is 13.0. The van der Waals surface area contributed by atoms with E-state index >= 15 is 0 Å². The smallest absolute Gasteiger partial charge is 0.252 e. The van der Waals surface area contributed by atoms with Crippen LogP contribution >= 0.6 is 11.3 Å². The molecule has 124 valence electrons. The van der Waals surface area contributed by atoms with E-state index in [-0.39, 0.29) is 17.6 Å². The topological polar surface area (TPSA) is 66.5 Å². The maximum absolute atomic E-state index is 12.3. The molecule has 1 fully saturated rings. The molecule has 1 aromatic heterocycles. The van der Waals surface area contributed by atoms with E-state index in [1.165, 1.54) is 11.3 Å². The molecule has 1 saturated heterocycles. The normalized spacial score (nSPS) is 20.0. The van der Waals surface area contributed by atoms with Crippen molar-refractivity contribution in [3.8, 4) is 0 Å². The van der Waals surface area contributed by atoms with Crippen molar-refractivity contribution in [2.24, 2.45) is 5.92 Å². The molecule has 1 amide bonds. The Morgan fingerprint density at radius 2 is 2.32 bits per heavy atom. The van der Waals surface area contributed by atoms with Crippen molar-refractivity contribution in [3.63, 3.8) is 0 Å². The summed E-state index contributed by atoms with van der Waals surface area (Å²) in [6.45, 7) is 3.67. The van der Waals surface area contributed by atoms with Gasteiger partial charge in [-0.3, -0.25) is 4.79 Å². The van der Waals surface area contributed by atoms with E-state index in [4.69, 9.17) is 0 Å². The minimum Gasteiger partial charge on any atom is -0.352 e. The fourth-order valence-electron chi connectivity index (χ4n) is 2.63. The summed E-state index contributed by atoms with van der Waals surface area (Å²) in [5.41, 5.74) is 0.674. The van der Waals surface area contributed by atoms with Crippen molar-refractivity contribution in [2.75, 3.05) is 25.4 Å². The van der Waals surface area contributed by atoms with Crippen LogP contribution in [-0.2, 0) is 10.0 Å². The number of rotatable bonds is 7. The van der Waals surface area contributed by atoms with E-state index in [1.54, 1.807) is 10.4 Å². The third-order valence-electron chi connectivity index (χ3n) is 3.97. The van der Waals surface area contributed by atoms with E-state index in [2.05, 4.69) is 5.32 Å². The lowest BCUT2D eigenvalue weighted by molar-refractivity contribution is 0.0942. The van der Waals surface area contributed by atoms with Crippen LogP contribution in [0.5, 0.6) is 0 Å². The maximum atomic E-state index is 12.3. The Kier molecular flexibility index (Phi) is 6.40. The highest BCUT2D eigenvalue weighted by Crippen LogP contribution is 2.19. The molecule has 1 aliphatic heterocycles. The van der Waals surface area contributed by atoms with Crippen molar-refractivity contribution < 1.29 is 13.2 Å². The Hall–Kier alpha value is -0.920. The van der Waals surface area contributed by atoms with Gasteiger partial charge in [-0.15, -0.1) is 0 Å². The minimum atomic E-state index is -3.14. The fourth-order valence-corrected chi connectivity index (χ4v) is 5.03. The minimum absolute atomic E-state index is 0.0767. The number of carbonyl (C=O) groups excluding carboxylic acids is 1. The lowest BCUT2D eigenvalue weighted by atomic mass is 10.00. The van der Waals surface area contributed by atoms with Crippen LogP contribution in [0.15, 0.2) is 16.8 Å². The van der Waals surface area contributed by atoms with E-state index < -0.39 is 10.0 Å². The van der Waals surface area contributed by atoms with E-state index in [0.717, 1.165) is 19.3 Å². The van der Waals surface area contributed by atoms with Gasteiger partial charge in [0, 0.05) is 30.6 Å². The molecule has 0 saturated carbocycles. The molecular formula is C15H24N2O3S2. The molecule has 0 bridgehead atoms. The van der Waals surface area contributed by atoms with Gasteiger partial charge in [-0.1, -0.05) is 13.3 Å². The highest BCUT2D eigenvalue weighted by Gasteiger charge is 2.28. The van der Waals surface area contributed by atoms with Crippen LogP contribution in [-0.4, -0.2) is 44.0 Å². The number of nitrogens with zero attached hydrogens (tertiary/aromatic N) is 1. The van der Waals surface area contributed by atoms with Crippen LogP contribution in [0, 0.1) is 5.92 Å². The maximum Gasteiger partial charge on any atom is 0.252 e. The van der Waals surface area contributed by atoms with Crippen LogP contribution in [0.4, 0.5) is 0 Å². The monoisotopic (exact) mass is 344 g/mol. The Morgan fingerprint density at radius 3 is 3.00 bits per heavy atom. The number of amides is 1. The third kappa shape index (κ3) is 4.79. The first kappa shape index (κ1) is 17.4. The van der Waals surface area contributed by atoms with Crippen LogP contribution in [0.2, 0.25) is 0 Å². The standard InChI is InChI=1S/C15H24N2O3S2/c1-2-3-9-22(19,20)17-7-4-5-13(11-17)10-16-15(18)14-6-8-21-12-14/h6,8,12-13H,2-5,7,9-11H2,1H3,(H,16,18).